The molecule has 0 bridgehead atoms. The fraction of sp³-hybridized carbons (Fsp3) is 0.500. The second-order valence-corrected chi connectivity index (χ2v) is 3.75. The molecular formula is C12H19NO2. The van der Waals surface area contributed by atoms with E-state index in [0.29, 0.717) is 5.75 Å². The van der Waals surface area contributed by atoms with Crippen LogP contribution in [0.5, 0.6) is 11.5 Å². The maximum absolute atomic E-state index is 9.48. The third-order valence-corrected chi connectivity index (χ3v) is 3.02. The second kappa shape index (κ2) is 4.53. The van der Waals surface area contributed by atoms with Gasteiger partial charge < -0.3 is 15.6 Å². The van der Waals surface area contributed by atoms with Gasteiger partial charge in [0.25, 0.3) is 0 Å². The van der Waals surface area contributed by atoms with Gasteiger partial charge in [-0.15, -0.1) is 0 Å². The highest BCUT2D eigenvalue weighted by molar-refractivity contribution is 5.43. The van der Waals surface area contributed by atoms with Crippen LogP contribution in [0.2, 0.25) is 0 Å². The molecule has 0 aromatic heterocycles. The lowest BCUT2D eigenvalue weighted by Crippen LogP contribution is -2.34. The molecule has 0 saturated carbocycles. The molecule has 0 spiro atoms. The number of phenols is 1. The molecule has 3 heteroatoms. The summed E-state index contributed by atoms with van der Waals surface area (Å²) in [4.78, 5) is 0. The molecule has 0 aliphatic carbocycles. The van der Waals surface area contributed by atoms with E-state index >= 15 is 0 Å². The van der Waals surface area contributed by atoms with Crippen molar-refractivity contribution < 1.29 is 9.84 Å². The Bertz CT molecular complexity index is 332. The van der Waals surface area contributed by atoms with Crippen molar-refractivity contribution >= 4 is 0 Å². The van der Waals surface area contributed by atoms with Gasteiger partial charge in [0.15, 0.2) is 11.5 Å². The summed E-state index contributed by atoms with van der Waals surface area (Å²) in [5.74, 6) is 0.625. The molecule has 0 aliphatic heterocycles. The van der Waals surface area contributed by atoms with Gasteiger partial charge in [0, 0.05) is 5.54 Å². The molecule has 1 aromatic carbocycles. The first-order valence-corrected chi connectivity index (χ1v) is 5.23. The van der Waals surface area contributed by atoms with E-state index in [0.717, 1.165) is 18.4 Å². The minimum absolute atomic E-state index is 0.149. The smallest absolute Gasteiger partial charge is 0.160 e. The van der Waals surface area contributed by atoms with Gasteiger partial charge in [0.2, 0.25) is 0 Å². The zero-order chi connectivity index (χ0) is 11.5. The van der Waals surface area contributed by atoms with Gasteiger partial charge in [-0.2, -0.15) is 0 Å². The number of hydrogen-bond donors (Lipinski definition) is 2. The van der Waals surface area contributed by atoms with Crippen LogP contribution in [0.25, 0.3) is 0 Å². The highest BCUT2D eigenvalue weighted by atomic mass is 16.5. The Morgan fingerprint density at radius 3 is 2.40 bits per heavy atom. The third kappa shape index (κ3) is 2.23. The Balaban J connectivity index is 3.15. The van der Waals surface area contributed by atoms with Gasteiger partial charge in [-0.1, -0.05) is 19.9 Å². The van der Waals surface area contributed by atoms with Gasteiger partial charge in [-0.05, 0) is 30.5 Å². The van der Waals surface area contributed by atoms with E-state index in [1.165, 1.54) is 7.11 Å². The monoisotopic (exact) mass is 209 g/mol. The van der Waals surface area contributed by atoms with Crippen LogP contribution in [-0.4, -0.2) is 12.2 Å². The maximum Gasteiger partial charge on any atom is 0.160 e. The van der Waals surface area contributed by atoms with E-state index in [2.05, 4.69) is 13.8 Å². The number of rotatable bonds is 4. The van der Waals surface area contributed by atoms with Crippen molar-refractivity contribution in [2.75, 3.05) is 7.11 Å². The minimum atomic E-state index is -0.332. The maximum atomic E-state index is 9.48. The number of aromatic hydroxyl groups is 1. The predicted octanol–water partition coefficient (Wildman–Crippen LogP) is 2.37. The Morgan fingerprint density at radius 2 is 1.93 bits per heavy atom. The van der Waals surface area contributed by atoms with Crippen LogP contribution >= 0.6 is 0 Å². The average Bonchev–Trinajstić information content (AvgIpc) is 2.28. The molecule has 1 aromatic rings. The summed E-state index contributed by atoms with van der Waals surface area (Å²) < 4.78 is 5.06. The number of ether oxygens (including phenoxy) is 1. The van der Waals surface area contributed by atoms with Gasteiger partial charge >= 0.3 is 0 Å². The van der Waals surface area contributed by atoms with E-state index in [1.54, 1.807) is 6.07 Å². The van der Waals surface area contributed by atoms with Crippen molar-refractivity contribution in [3.63, 3.8) is 0 Å². The lowest BCUT2D eigenvalue weighted by molar-refractivity contribution is 0.366. The zero-order valence-corrected chi connectivity index (χ0v) is 9.58. The van der Waals surface area contributed by atoms with Crippen molar-refractivity contribution in [3.8, 4) is 11.5 Å². The molecule has 0 heterocycles. The van der Waals surface area contributed by atoms with Crippen LogP contribution < -0.4 is 10.5 Å². The quantitative estimate of drug-likeness (QED) is 0.800. The topological polar surface area (TPSA) is 55.5 Å². The minimum Gasteiger partial charge on any atom is -0.504 e. The summed E-state index contributed by atoms with van der Waals surface area (Å²) in [7, 11) is 1.54. The molecule has 0 unspecified atom stereocenters. The van der Waals surface area contributed by atoms with Crippen LogP contribution in [0.1, 0.15) is 32.3 Å². The van der Waals surface area contributed by atoms with Gasteiger partial charge in [0.05, 0.1) is 7.11 Å². The fourth-order valence-corrected chi connectivity index (χ4v) is 1.65. The molecule has 0 aliphatic rings. The van der Waals surface area contributed by atoms with E-state index in [9.17, 15) is 5.11 Å². The van der Waals surface area contributed by atoms with Crippen LogP contribution in [0.4, 0.5) is 0 Å². The zero-order valence-electron chi connectivity index (χ0n) is 9.58. The standard InChI is InChI=1S/C12H19NO2/c1-4-12(13,5-2)9-6-7-10(14)11(8-9)15-3/h6-8,14H,4-5,13H2,1-3H3. The molecule has 15 heavy (non-hydrogen) atoms. The fourth-order valence-electron chi connectivity index (χ4n) is 1.65. The molecule has 0 radical (unpaired) electrons. The molecule has 3 N–H and O–H groups in total. The first-order valence-electron chi connectivity index (χ1n) is 5.23. The first kappa shape index (κ1) is 11.9. The number of benzene rings is 1. The highest BCUT2D eigenvalue weighted by Crippen LogP contribution is 2.33. The van der Waals surface area contributed by atoms with E-state index < -0.39 is 0 Å². The van der Waals surface area contributed by atoms with E-state index in [1.807, 2.05) is 12.1 Å². The second-order valence-electron chi connectivity index (χ2n) is 3.75. The Hall–Kier alpha value is -1.22. The van der Waals surface area contributed by atoms with E-state index in [4.69, 9.17) is 10.5 Å². The third-order valence-electron chi connectivity index (χ3n) is 3.02. The summed E-state index contributed by atoms with van der Waals surface area (Å²) in [6, 6.07) is 5.29. The summed E-state index contributed by atoms with van der Waals surface area (Å²) in [6.07, 6.45) is 1.72. The normalized spacial score (nSPS) is 11.5. The average molecular weight is 209 g/mol. The van der Waals surface area contributed by atoms with Crippen molar-refractivity contribution in [1.29, 1.82) is 0 Å². The predicted molar refractivity (Wildman–Crippen MR) is 61.1 cm³/mol. The van der Waals surface area contributed by atoms with Crippen molar-refractivity contribution in [3.05, 3.63) is 23.8 Å². The molecular weight excluding hydrogens is 190 g/mol. The van der Waals surface area contributed by atoms with Crippen LogP contribution in [-0.2, 0) is 5.54 Å². The van der Waals surface area contributed by atoms with Crippen LogP contribution in [0.3, 0.4) is 0 Å². The number of methoxy groups -OCH3 is 1. The SMILES string of the molecule is CCC(N)(CC)c1ccc(O)c(OC)c1. The van der Waals surface area contributed by atoms with Crippen molar-refractivity contribution in [2.45, 2.75) is 32.2 Å². The lowest BCUT2D eigenvalue weighted by Gasteiger charge is -2.27. The largest absolute Gasteiger partial charge is 0.504 e. The Labute approximate surface area is 90.9 Å². The molecule has 1 rings (SSSR count). The number of nitrogens with two attached hydrogens (primary N) is 1. The summed E-state index contributed by atoms with van der Waals surface area (Å²) in [5.41, 5.74) is 6.92. The van der Waals surface area contributed by atoms with E-state index in [-0.39, 0.29) is 11.3 Å². The molecule has 84 valence electrons. The Kier molecular flexibility index (Phi) is 3.58. The van der Waals surface area contributed by atoms with Crippen LogP contribution in [0.15, 0.2) is 18.2 Å². The number of phenolic OH excluding ortho intramolecular Hbond substituents is 1. The van der Waals surface area contributed by atoms with Crippen LogP contribution in [0, 0.1) is 0 Å². The molecule has 0 saturated heterocycles. The summed E-state index contributed by atoms with van der Waals surface area (Å²) >= 11 is 0. The number of hydrogen-bond acceptors (Lipinski definition) is 3. The lowest BCUT2D eigenvalue weighted by atomic mass is 9.86. The summed E-state index contributed by atoms with van der Waals surface area (Å²) in [5, 5.41) is 9.48. The van der Waals surface area contributed by atoms with Gasteiger partial charge in [-0.3, -0.25) is 0 Å². The van der Waals surface area contributed by atoms with Gasteiger partial charge in [0.1, 0.15) is 0 Å². The molecule has 0 atom stereocenters. The Morgan fingerprint density at radius 1 is 1.33 bits per heavy atom. The molecule has 0 fully saturated rings. The summed E-state index contributed by atoms with van der Waals surface area (Å²) in [6.45, 7) is 4.12. The molecule has 0 amide bonds. The van der Waals surface area contributed by atoms with Crippen molar-refractivity contribution in [1.82, 2.24) is 0 Å². The highest BCUT2D eigenvalue weighted by Gasteiger charge is 2.23. The first-order chi connectivity index (χ1) is 7.07. The molecule has 3 nitrogen and oxygen atoms in total. The van der Waals surface area contributed by atoms with Crippen molar-refractivity contribution in [2.24, 2.45) is 5.73 Å². The van der Waals surface area contributed by atoms with Gasteiger partial charge in [-0.25, -0.2) is 0 Å².